The fourth-order valence-corrected chi connectivity index (χ4v) is 7.06. The number of benzene rings is 1. The molecule has 3 aliphatic rings. The highest BCUT2D eigenvalue weighted by molar-refractivity contribution is 7.92. The lowest BCUT2D eigenvalue weighted by molar-refractivity contribution is -0.121. The second-order valence-corrected chi connectivity index (χ2v) is 10.9. The third-order valence-electron chi connectivity index (χ3n) is 6.34. The van der Waals surface area contributed by atoms with Gasteiger partial charge in [0.15, 0.2) is 9.84 Å². The molecule has 10 heteroatoms. The molecule has 1 atom stereocenters. The van der Waals surface area contributed by atoms with Gasteiger partial charge in [0, 0.05) is 24.9 Å². The number of ether oxygens (including phenoxy) is 1. The number of hydrogen-bond donors (Lipinski definition) is 1. The summed E-state index contributed by atoms with van der Waals surface area (Å²) in [5, 5.41) is 2.74. The molecule has 3 fully saturated rings. The number of amides is 2. The zero-order chi connectivity index (χ0) is 22.2. The van der Waals surface area contributed by atoms with Crippen molar-refractivity contribution in [1.82, 2.24) is 5.32 Å². The van der Waals surface area contributed by atoms with Crippen LogP contribution in [-0.4, -0.2) is 64.2 Å². The molecule has 0 bridgehead atoms. The molecule has 1 unspecified atom stereocenters. The summed E-state index contributed by atoms with van der Waals surface area (Å²) in [6, 6.07) is 4.67. The van der Waals surface area contributed by atoms with Crippen molar-refractivity contribution in [1.29, 1.82) is 0 Å². The predicted octanol–water partition coefficient (Wildman–Crippen LogP) is 2.08. The van der Waals surface area contributed by atoms with Gasteiger partial charge in [-0.15, -0.1) is 0 Å². The number of nitrogens with one attached hydrogen (secondary N) is 1. The Hall–Kier alpha value is -2.36. The minimum atomic E-state index is -2.88. The van der Waals surface area contributed by atoms with Gasteiger partial charge in [-0.2, -0.15) is 0 Å². The zero-order valence-electron chi connectivity index (χ0n) is 17.6. The van der Waals surface area contributed by atoms with Gasteiger partial charge in [0.25, 0.3) is 0 Å². The molecule has 1 aromatic rings. The first-order valence-electron chi connectivity index (χ1n) is 10.7. The molecule has 31 heavy (non-hydrogen) atoms. The molecule has 2 amide bonds. The highest BCUT2D eigenvalue weighted by Gasteiger charge is 2.49. The van der Waals surface area contributed by atoms with Crippen molar-refractivity contribution < 1.29 is 27.1 Å². The van der Waals surface area contributed by atoms with E-state index in [1.165, 1.54) is 11.0 Å². The van der Waals surface area contributed by atoms with Gasteiger partial charge in [0.05, 0.1) is 36.0 Å². The maximum Gasteiger partial charge on any atom is 0.414 e. The summed E-state index contributed by atoms with van der Waals surface area (Å²) in [7, 11) is -2.88. The van der Waals surface area contributed by atoms with E-state index in [4.69, 9.17) is 4.74 Å². The van der Waals surface area contributed by atoms with Crippen LogP contribution < -0.4 is 15.1 Å². The van der Waals surface area contributed by atoms with Gasteiger partial charge in [0.1, 0.15) is 11.9 Å². The second kappa shape index (κ2) is 8.29. The maximum absolute atomic E-state index is 14.9. The lowest BCUT2D eigenvalue weighted by Crippen LogP contribution is -2.54. The maximum atomic E-state index is 14.9. The molecule has 0 saturated carbocycles. The first-order valence-corrected chi connectivity index (χ1v) is 12.5. The zero-order valence-corrected chi connectivity index (χ0v) is 18.4. The summed E-state index contributed by atoms with van der Waals surface area (Å²) < 4.78 is 43.3. The normalized spacial score (nSPS) is 24.1. The Morgan fingerprint density at radius 3 is 2.61 bits per heavy atom. The molecule has 1 aromatic carbocycles. The van der Waals surface area contributed by atoms with Gasteiger partial charge in [0.2, 0.25) is 5.91 Å². The van der Waals surface area contributed by atoms with Crippen LogP contribution in [0.2, 0.25) is 0 Å². The van der Waals surface area contributed by atoms with Crippen LogP contribution in [0.15, 0.2) is 18.2 Å². The predicted molar refractivity (Wildman–Crippen MR) is 114 cm³/mol. The van der Waals surface area contributed by atoms with Crippen molar-refractivity contribution in [3.05, 3.63) is 24.0 Å². The summed E-state index contributed by atoms with van der Waals surface area (Å²) in [4.78, 5) is 27.1. The van der Waals surface area contributed by atoms with E-state index < -0.39 is 27.9 Å². The summed E-state index contributed by atoms with van der Waals surface area (Å²) in [5.41, 5.74) is 0.732. The van der Waals surface area contributed by atoms with E-state index in [-0.39, 0.29) is 35.9 Å². The van der Waals surface area contributed by atoms with Crippen molar-refractivity contribution in [3.8, 4) is 0 Å². The van der Waals surface area contributed by atoms with Crippen molar-refractivity contribution >= 4 is 33.2 Å². The summed E-state index contributed by atoms with van der Waals surface area (Å²) in [6.07, 6.45) is 1.59. The highest BCUT2D eigenvalue weighted by atomic mass is 32.2. The van der Waals surface area contributed by atoms with E-state index in [2.05, 4.69) is 5.32 Å². The number of carbonyl (C=O) groups excluding carboxylic acids is 2. The van der Waals surface area contributed by atoms with Crippen molar-refractivity contribution in [2.75, 3.05) is 47.5 Å². The summed E-state index contributed by atoms with van der Waals surface area (Å²) in [6.45, 7) is 3.60. The third kappa shape index (κ3) is 4.63. The van der Waals surface area contributed by atoms with Gasteiger partial charge in [-0.1, -0.05) is 6.92 Å². The number of carbonyl (C=O) groups is 2. The molecule has 170 valence electrons. The molecule has 4 rings (SSSR count). The molecule has 0 radical (unpaired) electrons. The van der Waals surface area contributed by atoms with Crippen LogP contribution >= 0.6 is 0 Å². The van der Waals surface area contributed by atoms with Crippen LogP contribution in [0.3, 0.4) is 0 Å². The van der Waals surface area contributed by atoms with Gasteiger partial charge in [-0.3, -0.25) is 9.69 Å². The number of anilines is 2. The first-order chi connectivity index (χ1) is 14.7. The lowest BCUT2D eigenvalue weighted by Gasteiger charge is -2.47. The molecule has 1 N–H and O–H groups in total. The van der Waals surface area contributed by atoms with E-state index in [9.17, 15) is 22.4 Å². The van der Waals surface area contributed by atoms with E-state index in [0.717, 1.165) is 19.3 Å². The molecular weight excluding hydrogens is 425 g/mol. The molecule has 3 saturated heterocycles. The molecule has 3 aliphatic heterocycles. The second-order valence-electron chi connectivity index (χ2n) is 8.83. The monoisotopic (exact) mass is 453 g/mol. The van der Waals surface area contributed by atoms with Gasteiger partial charge >= 0.3 is 6.09 Å². The number of sulfone groups is 1. The molecule has 0 aromatic heterocycles. The number of rotatable bonds is 6. The smallest absolute Gasteiger partial charge is 0.414 e. The van der Waals surface area contributed by atoms with Crippen LogP contribution in [0.5, 0.6) is 0 Å². The van der Waals surface area contributed by atoms with Gasteiger partial charge < -0.3 is 15.0 Å². The largest absolute Gasteiger partial charge is 0.442 e. The Morgan fingerprint density at radius 2 is 2.00 bits per heavy atom. The fourth-order valence-electron chi connectivity index (χ4n) is 4.70. The van der Waals surface area contributed by atoms with Crippen molar-refractivity contribution in [3.63, 3.8) is 0 Å². The topological polar surface area (TPSA) is 96.0 Å². The number of cyclic esters (lactones) is 1. The van der Waals surface area contributed by atoms with E-state index in [0.29, 0.717) is 30.9 Å². The summed E-state index contributed by atoms with van der Waals surface area (Å²) in [5.74, 6) is -0.0314. The Bertz CT molecular complexity index is 961. The fraction of sp³-hybridized carbons (Fsp3) is 0.619. The Kier molecular flexibility index (Phi) is 5.85. The van der Waals surface area contributed by atoms with Crippen LogP contribution in [0.25, 0.3) is 0 Å². The van der Waals surface area contributed by atoms with E-state index in [1.54, 1.807) is 12.1 Å². The third-order valence-corrected chi connectivity index (χ3v) is 8.44. The highest BCUT2D eigenvalue weighted by Crippen LogP contribution is 2.43. The average Bonchev–Trinajstić information content (AvgIpc) is 3.07. The Balaban J connectivity index is 1.36. The minimum absolute atomic E-state index is 0.0878. The van der Waals surface area contributed by atoms with E-state index in [1.807, 2.05) is 11.8 Å². The Morgan fingerprint density at radius 1 is 1.29 bits per heavy atom. The number of piperidine rings is 1. The molecule has 8 nitrogen and oxygen atoms in total. The molecule has 1 spiro atoms. The standard InChI is InChI=1S/C21H28FN3O5S/c1-2-3-19(26)23-11-16-12-25(20(27)30-16)15-4-5-18(17(22)10-15)24-8-6-21(7-9-24)13-31(28,29)14-21/h4-5,10,16H,2-3,6-9,11-14H2,1H3,(H,23,26). The molecule has 3 heterocycles. The quantitative estimate of drug-likeness (QED) is 0.709. The van der Waals surface area contributed by atoms with Crippen LogP contribution in [0, 0.1) is 11.2 Å². The minimum Gasteiger partial charge on any atom is -0.442 e. The number of halogens is 1. The summed E-state index contributed by atoms with van der Waals surface area (Å²) >= 11 is 0. The van der Waals surface area contributed by atoms with Crippen LogP contribution in [0.4, 0.5) is 20.6 Å². The van der Waals surface area contributed by atoms with Gasteiger partial charge in [-0.25, -0.2) is 17.6 Å². The lowest BCUT2D eigenvalue weighted by atomic mass is 9.81. The Labute approximate surface area is 181 Å². The van der Waals surface area contributed by atoms with Crippen LogP contribution in [0.1, 0.15) is 32.6 Å². The van der Waals surface area contributed by atoms with Crippen LogP contribution in [-0.2, 0) is 19.4 Å². The van der Waals surface area contributed by atoms with Gasteiger partial charge in [-0.05, 0) is 37.5 Å². The molecular formula is C21H28FN3O5S. The SMILES string of the molecule is CCCC(=O)NCC1CN(c2ccc(N3CCC4(CC3)CS(=O)(=O)C4)c(F)c2)C(=O)O1. The van der Waals surface area contributed by atoms with Crippen molar-refractivity contribution in [2.24, 2.45) is 5.41 Å². The van der Waals surface area contributed by atoms with Crippen molar-refractivity contribution in [2.45, 2.75) is 38.7 Å². The van der Waals surface area contributed by atoms with E-state index >= 15 is 0 Å². The number of nitrogens with zero attached hydrogens (tertiary/aromatic N) is 2. The first kappa shape index (κ1) is 21.9. The number of hydrogen-bond acceptors (Lipinski definition) is 6. The average molecular weight is 454 g/mol. The molecule has 0 aliphatic carbocycles.